The molecule has 0 saturated carbocycles. The van der Waals surface area contributed by atoms with Crippen molar-refractivity contribution in [1.29, 1.82) is 0 Å². The van der Waals surface area contributed by atoms with E-state index < -0.39 is 11.9 Å². The van der Waals surface area contributed by atoms with Crippen molar-refractivity contribution in [3.05, 3.63) is 78.5 Å². The van der Waals surface area contributed by atoms with Crippen LogP contribution in [-0.2, 0) is 4.79 Å². The molecule has 0 aliphatic heterocycles. The summed E-state index contributed by atoms with van der Waals surface area (Å²) >= 11 is 15.9. The van der Waals surface area contributed by atoms with Gasteiger partial charge in [-0.3, -0.25) is 4.79 Å². The Labute approximate surface area is 207 Å². The maximum absolute atomic E-state index is 12.2. The number of hydrogen-bond acceptors (Lipinski definition) is 6. The number of hydrazone groups is 1. The number of hydrogen-bond donors (Lipinski definition) is 1. The van der Waals surface area contributed by atoms with Crippen LogP contribution in [0.25, 0.3) is 0 Å². The van der Waals surface area contributed by atoms with Crippen LogP contribution in [0.5, 0.6) is 11.5 Å². The Morgan fingerprint density at radius 3 is 2.65 bits per heavy atom. The highest BCUT2D eigenvalue weighted by Gasteiger charge is 2.17. The van der Waals surface area contributed by atoms with Crippen molar-refractivity contribution in [2.75, 3.05) is 6.61 Å². The maximum atomic E-state index is 12.2. The molecule has 2 aromatic carbocycles. The highest BCUT2D eigenvalue weighted by Crippen LogP contribution is 2.33. The Bertz CT molecular complexity index is 1140. The summed E-state index contributed by atoms with van der Waals surface area (Å²) in [6.45, 7) is -0.264. The summed E-state index contributed by atoms with van der Waals surface area (Å²) in [4.78, 5) is 24.3. The van der Waals surface area contributed by atoms with Gasteiger partial charge in [0.25, 0.3) is 5.91 Å². The van der Waals surface area contributed by atoms with Crippen molar-refractivity contribution in [1.82, 2.24) is 5.43 Å². The summed E-state index contributed by atoms with van der Waals surface area (Å²) in [6, 6.07) is 11.4. The molecule has 0 atom stereocenters. The Kier molecular flexibility index (Phi) is 8.30. The summed E-state index contributed by atoms with van der Waals surface area (Å²) in [5.41, 5.74) is 2.79. The van der Waals surface area contributed by atoms with Crippen LogP contribution in [0.2, 0.25) is 5.02 Å². The molecule has 0 bridgehead atoms. The molecule has 11 heteroatoms. The van der Waals surface area contributed by atoms with Crippen molar-refractivity contribution >= 4 is 77.5 Å². The molecule has 3 aromatic rings. The van der Waals surface area contributed by atoms with Gasteiger partial charge >= 0.3 is 5.97 Å². The van der Waals surface area contributed by atoms with Crippen molar-refractivity contribution < 1.29 is 23.5 Å². The highest BCUT2D eigenvalue weighted by molar-refractivity contribution is 9.11. The van der Waals surface area contributed by atoms with Crippen LogP contribution < -0.4 is 14.9 Å². The molecule has 160 valence electrons. The quantitative estimate of drug-likeness (QED) is 0.150. The van der Waals surface area contributed by atoms with E-state index in [9.17, 15) is 9.59 Å². The lowest BCUT2D eigenvalue weighted by Crippen LogP contribution is -2.24. The molecule has 0 unspecified atom stereocenters. The standard InChI is InChI=1S/C20H12Br3ClN2O5/c21-12-6-11(19(15(23)7-12)31-20(28)17-2-1-5-29-17)9-25-26-18(27)10-30-16-4-3-13(24)8-14(16)22/h1-9H,10H2,(H,26,27)/b25-9-. The molecule has 0 aliphatic carbocycles. The van der Waals surface area contributed by atoms with Crippen LogP contribution in [0, 0.1) is 0 Å². The van der Waals surface area contributed by atoms with Gasteiger partial charge in [0.2, 0.25) is 5.76 Å². The Hall–Kier alpha value is -2.14. The van der Waals surface area contributed by atoms with Gasteiger partial charge in [0.05, 0.1) is 21.4 Å². The minimum absolute atomic E-state index is 0.0523. The molecule has 0 aliphatic rings. The molecule has 1 heterocycles. The van der Waals surface area contributed by atoms with Crippen molar-refractivity contribution in [2.45, 2.75) is 0 Å². The van der Waals surface area contributed by atoms with Gasteiger partial charge in [0.1, 0.15) is 5.75 Å². The molecular formula is C20H12Br3ClN2O5. The second-order valence-corrected chi connectivity index (χ2v) is 8.89. The van der Waals surface area contributed by atoms with Crippen LogP contribution in [0.3, 0.4) is 0 Å². The Balaban J connectivity index is 1.65. The number of carbonyl (C=O) groups excluding carboxylic acids is 2. The topological polar surface area (TPSA) is 90.1 Å². The van der Waals surface area contributed by atoms with Crippen molar-refractivity contribution in [3.8, 4) is 11.5 Å². The number of nitrogens with zero attached hydrogens (tertiary/aromatic N) is 1. The van der Waals surface area contributed by atoms with E-state index in [0.717, 1.165) is 0 Å². The number of furan rings is 1. The first kappa shape index (κ1) is 23.5. The van der Waals surface area contributed by atoms with Crippen LogP contribution >= 0.6 is 59.4 Å². The summed E-state index contributed by atoms with van der Waals surface area (Å²) in [5, 5.41) is 4.45. The van der Waals surface area contributed by atoms with E-state index in [1.54, 1.807) is 36.4 Å². The minimum Gasteiger partial charge on any atom is -0.483 e. The first-order chi connectivity index (χ1) is 14.8. The van der Waals surface area contributed by atoms with E-state index in [2.05, 4.69) is 58.3 Å². The van der Waals surface area contributed by atoms with Gasteiger partial charge in [-0.2, -0.15) is 5.10 Å². The summed E-state index contributed by atoms with van der Waals surface area (Å²) in [6.07, 6.45) is 2.71. The van der Waals surface area contributed by atoms with Gasteiger partial charge in [-0.15, -0.1) is 0 Å². The van der Waals surface area contributed by atoms with Crippen LogP contribution in [-0.4, -0.2) is 24.7 Å². The summed E-state index contributed by atoms with van der Waals surface area (Å²) < 4.78 is 17.7. The molecule has 31 heavy (non-hydrogen) atoms. The first-order valence-electron chi connectivity index (χ1n) is 8.48. The van der Waals surface area contributed by atoms with Gasteiger partial charge in [0.15, 0.2) is 12.4 Å². The lowest BCUT2D eigenvalue weighted by Gasteiger charge is -2.10. The predicted molar refractivity (Wildman–Crippen MR) is 126 cm³/mol. The largest absolute Gasteiger partial charge is 0.483 e. The zero-order chi connectivity index (χ0) is 22.4. The van der Waals surface area contributed by atoms with E-state index in [1.807, 2.05) is 0 Å². The number of halogens is 4. The monoisotopic (exact) mass is 632 g/mol. The number of nitrogens with one attached hydrogen (secondary N) is 1. The third kappa shape index (κ3) is 6.67. The number of ether oxygens (including phenoxy) is 2. The lowest BCUT2D eigenvalue weighted by molar-refractivity contribution is -0.123. The number of rotatable bonds is 7. The third-order valence-corrected chi connectivity index (χ3v) is 5.50. The van der Waals surface area contributed by atoms with Gasteiger partial charge < -0.3 is 13.9 Å². The van der Waals surface area contributed by atoms with Crippen molar-refractivity contribution in [3.63, 3.8) is 0 Å². The fourth-order valence-electron chi connectivity index (χ4n) is 2.26. The van der Waals surface area contributed by atoms with Crippen LogP contribution in [0.4, 0.5) is 0 Å². The zero-order valence-electron chi connectivity index (χ0n) is 15.4. The molecule has 7 nitrogen and oxygen atoms in total. The smallest absolute Gasteiger partial charge is 0.379 e. The Morgan fingerprint density at radius 2 is 1.94 bits per heavy atom. The summed E-state index contributed by atoms with van der Waals surface area (Å²) in [5.74, 6) is -0.429. The molecule has 3 rings (SSSR count). The molecule has 0 spiro atoms. The molecule has 0 radical (unpaired) electrons. The number of esters is 1. The van der Waals surface area contributed by atoms with E-state index in [1.165, 1.54) is 18.5 Å². The Morgan fingerprint density at radius 1 is 1.13 bits per heavy atom. The van der Waals surface area contributed by atoms with Gasteiger partial charge in [-0.05, 0) is 74.3 Å². The third-order valence-electron chi connectivity index (χ3n) is 3.60. The first-order valence-corrected chi connectivity index (χ1v) is 11.2. The average molecular weight is 635 g/mol. The molecule has 0 fully saturated rings. The maximum Gasteiger partial charge on any atom is 0.379 e. The molecule has 0 saturated heterocycles. The molecule has 1 N–H and O–H groups in total. The predicted octanol–water partition coefficient (Wildman–Crippen LogP) is 5.97. The zero-order valence-corrected chi connectivity index (χ0v) is 20.9. The van der Waals surface area contributed by atoms with Gasteiger partial charge in [-0.25, -0.2) is 10.2 Å². The highest BCUT2D eigenvalue weighted by atomic mass is 79.9. The van der Waals surface area contributed by atoms with Gasteiger partial charge in [-0.1, -0.05) is 27.5 Å². The second kappa shape index (κ2) is 10.9. The van der Waals surface area contributed by atoms with Crippen molar-refractivity contribution in [2.24, 2.45) is 5.10 Å². The fraction of sp³-hybridized carbons (Fsp3) is 0.0500. The number of benzene rings is 2. The normalized spacial score (nSPS) is 10.8. The second-order valence-electron chi connectivity index (χ2n) is 5.83. The van der Waals surface area contributed by atoms with Gasteiger partial charge in [0, 0.05) is 15.1 Å². The van der Waals surface area contributed by atoms with E-state index in [-0.39, 0.29) is 18.1 Å². The van der Waals surface area contributed by atoms with E-state index in [0.29, 0.717) is 29.8 Å². The molecular weight excluding hydrogens is 623 g/mol. The molecule has 1 aromatic heterocycles. The SMILES string of the molecule is O=C(COc1ccc(Cl)cc1Br)N/N=C\c1cc(Br)cc(Br)c1OC(=O)c1ccco1. The van der Waals surface area contributed by atoms with E-state index >= 15 is 0 Å². The lowest BCUT2D eigenvalue weighted by atomic mass is 10.2. The van der Waals surface area contributed by atoms with Crippen LogP contribution in [0.15, 0.2) is 71.7 Å². The summed E-state index contributed by atoms with van der Waals surface area (Å²) in [7, 11) is 0. The number of amides is 1. The number of carbonyl (C=O) groups is 2. The minimum atomic E-state index is -0.673. The fourth-order valence-corrected chi connectivity index (χ4v) is 4.40. The average Bonchev–Trinajstić information content (AvgIpc) is 3.24. The molecule has 1 amide bonds. The van der Waals surface area contributed by atoms with Crippen LogP contribution in [0.1, 0.15) is 16.1 Å². The van der Waals surface area contributed by atoms with E-state index in [4.69, 9.17) is 25.5 Å².